The minimum atomic E-state index is -0.226. The number of likely N-dealkylation sites (tertiary alicyclic amines) is 1. The topological polar surface area (TPSA) is 70.1 Å². The molecule has 0 bridgehead atoms. The van der Waals surface area contributed by atoms with Crippen LogP contribution in [-0.4, -0.2) is 29.4 Å². The third-order valence-corrected chi connectivity index (χ3v) is 3.69. The Labute approximate surface area is 90.0 Å². The molecule has 2 N–H and O–H groups in total. The lowest BCUT2D eigenvalue weighted by atomic mass is 10.0. The first-order valence-corrected chi connectivity index (χ1v) is 5.68. The quantitative estimate of drug-likeness (QED) is 0.722. The van der Waals surface area contributed by atoms with E-state index < -0.39 is 0 Å². The summed E-state index contributed by atoms with van der Waals surface area (Å²) in [6.07, 6.45) is 5.02. The molecule has 3 unspecified atom stereocenters. The van der Waals surface area contributed by atoms with Crippen LogP contribution >= 0.6 is 0 Å². The highest BCUT2D eigenvalue weighted by Crippen LogP contribution is 2.33. The molecule has 1 saturated heterocycles. The fraction of sp³-hybridized carbons (Fsp3) is 0.818. The van der Waals surface area contributed by atoms with Crippen LogP contribution in [0.15, 0.2) is 0 Å². The molecule has 4 nitrogen and oxygen atoms in total. The number of nitrogens with zero attached hydrogens (tertiary/aromatic N) is 2. The molecule has 1 heterocycles. The molecule has 82 valence electrons. The van der Waals surface area contributed by atoms with Gasteiger partial charge in [0, 0.05) is 6.04 Å². The van der Waals surface area contributed by atoms with Gasteiger partial charge in [0.25, 0.3) is 0 Å². The number of hydrogen-bond donors (Lipinski definition) is 1. The molecule has 15 heavy (non-hydrogen) atoms. The summed E-state index contributed by atoms with van der Waals surface area (Å²) in [6, 6.07) is 2.51. The summed E-state index contributed by atoms with van der Waals surface area (Å²) < 4.78 is 0. The van der Waals surface area contributed by atoms with Crippen molar-refractivity contribution >= 4 is 5.91 Å². The molecule has 1 saturated carbocycles. The summed E-state index contributed by atoms with van der Waals surface area (Å²) in [5, 5.41) is 9.03. The van der Waals surface area contributed by atoms with Crippen LogP contribution in [0.3, 0.4) is 0 Å². The Kier molecular flexibility index (Phi) is 2.92. The second kappa shape index (κ2) is 4.19. The first kappa shape index (κ1) is 10.4. The number of carbonyl (C=O) groups is 1. The Hall–Kier alpha value is -1.08. The van der Waals surface area contributed by atoms with E-state index in [9.17, 15) is 4.79 Å². The molecule has 0 aromatic heterocycles. The van der Waals surface area contributed by atoms with Crippen molar-refractivity contribution in [2.45, 2.75) is 44.2 Å². The van der Waals surface area contributed by atoms with Gasteiger partial charge in [-0.1, -0.05) is 6.42 Å². The molecule has 4 heteroatoms. The second-order valence-corrected chi connectivity index (χ2v) is 4.53. The Balaban J connectivity index is 2.09. The van der Waals surface area contributed by atoms with Crippen LogP contribution in [0.5, 0.6) is 0 Å². The molecular formula is C11H17N3O. The molecule has 0 spiro atoms. The SMILES string of the molecule is N#CC1CCCC1N1CCCC1C(N)=O. The van der Waals surface area contributed by atoms with Gasteiger partial charge in [-0.05, 0) is 32.2 Å². The average molecular weight is 207 g/mol. The number of nitrogens with two attached hydrogens (primary N) is 1. The summed E-state index contributed by atoms with van der Waals surface area (Å²) >= 11 is 0. The number of hydrogen-bond acceptors (Lipinski definition) is 3. The highest BCUT2D eigenvalue weighted by Gasteiger charge is 2.39. The Morgan fingerprint density at radius 2 is 2.13 bits per heavy atom. The van der Waals surface area contributed by atoms with E-state index in [0.717, 1.165) is 38.6 Å². The van der Waals surface area contributed by atoms with E-state index in [0.29, 0.717) is 0 Å². The van der Waals surface area contributed by atoms with Crippen LogP contribution < -0.4 is 5.73 Å². The molecule has 3 atom stereocenters. The fourth-order valence-corrected chi connectivity index (χ4v) is 2.98. The predicted molar refractivity (Wildman–Crippen MR) is 55.7 cm³/mol. The smallest absolute Gasteiger partial charge is 0.234 e. The van der Waals surface area contributed by atoms with Crippen molar-refractivity contribution in [2.75, 3.05) is 6.54 Å². The average Bonchev–Trinajstić information content (AvgIpc) is 2.85. The fourth-order valence-electron chi connectivity index (χ4n) is 2.98. The number of primary amides is 1. The minimum absolute atomic E-state index is 0.102. The molecule has 2 aliphatic rings. The molecule has 1 aliphatic heterocycles. The van der Waals surface area contributed by atoms with Crippen molar-refractivity contribution in [3.8, 4) is 6.07 Å². The highest BCUT2D eigenvalue weighted by atomic mass is 16.1. The molecule has 2 rings (SSSR count). The van der Waals surface area contributed by atoms with Gasteiger partial charge in [0.1, 0.15) is 0 Å². The zero-order valence-corrected chi connectivity index (χ0v) is 8.85. The molecule has 0 aromatic rings. The maximum absolute atomic E-state index is 11.3. The van der Waals surface area contributed by atoms with Crippen LogP contribution in [0, 0.1) is 17.2 Å². The van der Waals surface area contributed by atoms with Gasteiger partial charge in [-0.3, -0.25) is 9.69 Å². The lowest BCUT2D eigenvalue weighted by Crippen LogP contribution is -2.47. The molecule has 0 radical (unpaired) electrons. The third kappa shape index (κ3) is 1.84. The number of rotatable bonds is 2. The molecule has 0 aromatic carbocycles. The van der Waals surface area contributed by atoms with Crippen LogP contribution in [-0.2, 0) is 4.79 Å². The highest BCUT2D eigenvalue weighted by molar-refractivity contribution is 5.80. The van der Waals surface area contributed by atoms with E-state index in [1.165, 1.54) is 0 Å². The number of nitriles is 1. The second-order valence-electron chi connectivity index (χ2n) is 4.53. The van der Waals surface area contributed by atoms with Crippen molar-refractivity contribution in [1.29, 1.82) is 5.26 Å². The van der Waals surface area contributed by atoms with Gasteiger partial charge in [0.2, 0.25) is 5.91 Å². The van der Waals surface area contributed by atoms with E-state index in [4.69, 9.17) is 11.0 Å². The van der Waals surface area contributed by atoms with Gasteiger partial charge in [-0.25, -0.2) is 0 Å². The van der Waals surface area contributed by atoms with E-state index in [1.54, 1.807) is 0 Å². The number of carbonyl (C=O) groups excluding carboxylic acids is 1. The van der Waals surface area contributed by atoms with Crippen molar-refractivity contribution in [1.82, 2.24) is 4.90 Å². The summed E-state index contributed by atoms with van der Waals surface area (Å²) in [6.45, 7) is 0.927. The standard InChI is InChI=1S/C11H17N3O/c12-7-8-3-1-4-9(8)14-6-2-5-10(14)11(13)15/h8-10H,1-6H2,(H2,13,15). The van der Waals surface area contributed by atoms with Gasteiger partial charge in [0.05, 0.1) is 18.0 Å². The first-order valence-electron chi connectivity index (χ1n) is 5.68. The van der Waals surface area contributed by atoms with Crippen molar-refractivity contribution < 1.29 is 4.79 Å². The van der Waals surface area contributed by atoms with Crippen molar-refractivity contribution in [3.63, 3.8) is 0 Å². The van der Waals surface area contributed by atoms with E-state index in [2.05, 4.69) is 11.0 Å². The largest absolute Gasteiger partial charge is 0.368 e. The Morgan fingerprint density at radius 3 is 2.80 bits per heavy atom. The lowest BCUT2D eigenvalue weighted by molar-refractivity contribution is -0.123. The summed E-state index contributed by atoms with van der Waals surface area (Å²) in [5.74, 6) is -0.124. The van der Waals surface area contributed by atoms with Gasteiger partial charge in [-0.2, -0.15) is 5.26 Å². The Bertz CT molecular complexity index is 297. The minimum Gasteiger partial charge on any atom is -0.368 e. The zero-order chi connectivity index (χ0) is 10.8. The summed E-state index contributed by atoms with van der Waals surface area (Å²) in [5.41, 5.74) is 5.38. The third-order valence-electron chi connectivity index (χ3n) is 3.69. The van der Waals surface area contributed by atoms with Gasteiger partial charge < -0.3 is 5.73 Å². The van der Waals surface area contributed by atoms with E-state index in [1.807, 2.05) is 0 Å². The summed E-state index contributed by atoms with van der Waals surface area (Å²) in [7, 11) is 0. The van der Waals surface area contributed by atoms with Crippen LogP contribution in [0.25, 0.3) is 0 Å². The molecule has 2 fully saturated rings. The molecule has 1 amide bonds. The normalized spacial score (nSPS) is 36.6. The molecule has 1 aliphatic carbocycles. The molecular weight excluding hydrogens is 190 g/mol. The van der Waals surface area contributed by atoms with Gasteiger partial charge in [-0.15, -0.1) is 0 Å². The van der Waals surface area contributed by atoms with Crippen molar-refractivity contribution in [2.24, 2.45) is 11.7 Å². The van der Waals surface area contributed by atoms with Crippen molar-refractivity contribution in [3.05, 3.63) is 0 Å². The Morgan fingerprint density at radius 1 is 1.33 bits per heavy atom. The maximum atomic E-state index is 11.3. The van der Waals surface area contributed by atoms with Crippen LogP contribution in [0.1, 0.15) is 32.1 Å². The van der Waals surface area contributed by atoms with Gasteiger partial charge >= 0.3 is 0 Å². The van der Waals surface area contributed by atoms with Gasteiger partial charge in [0.15, 0.2) is 0 Å². The van der Waals surface area contributed by atoms with E-state index >= 15 is 0 Å². The van der Waals surface area contributed by atoms with Crippen LogP contribution in [0.2, 0.25) is 0 Å². The first-order chi connectivity index (χ1) is 7.24. The lowest BCUT2D eigenvalue weighted by Gasteiger charge is -2.30. The van der Waals surface area contributed by atoms with Crippen LogP contribution in [0.4, 0.5) is 0 Å². The number of amides is 1. The maximum Gasteiger partial charge on any atom is 0.234 e. The zero-order valence-electron chi connectivity index (χ0n) is 8.85. The predicted octanol–water partition coefficient (Wildman–Crippen LogP) is 0.628. The summed E-state index contributed by atoms with van der Waals surface area (Å²) in [4.78, 5) is 13.4. The van der Waals surface area contributed by atoms with E-state index in [-0.39, 0.29) is 23.9 Å². The monoisotopic (exact) mass is 207 g/mol.